The number of anilines is 1. The Labute approximate surface area is 169 Å². The third kappa shape index (κ3) is 4.78. The normalized spacial score (nSPS) is 13.3. The number of nitrogens with one attached hydrogen (secondary N) is 1. The second-order valence-corrected chi connectivity index (χ2v) is 7.41. The molecule has 1 fully saturated rings. The summed E-state index contributed by atoms with van der Waals surface area (Å²) in [5, 5.41) is 2.88. The lowest BCUT2D eigenvalue weighted by Crippen LogP contribution is -2.29. The van der Waals surface area contributed by atoms with E-state index in [9.17, 15) is 9.59 Å². The van der Waals surface area contributed by atoms with Gasteiger partial charge in [-0.3, -0.25) is 9.59 Å². The van der Waals surface area contributed by atoms with Crippen molar-refractivity contribution in [2.45, 2.75) is 17.7 Å². The van der Waals surface area contributed by atoms with Gasteiger partial charge in [0.2, 0.25) is 5.91 Å². The van der Waals surface area contributed by atoms with Crippen molar-refractivity contribution in [1.29, 1.82) is 0 Å². The molecule has 3 rings (SSSR count). The van der Waals surface area contributed by atoms with E-state index >= 15 is 0 Å². The van der Waals surface area contributed by atoms with Gasteiger partial charge in [-0.2, -0.15) is 0 Å². The smallest absolute Gasteiger partial charge is 0.256 e. The zero-order valence-corrected chi connectivity index (χ0v) is 16.9. The molecule has 0 aliphatic carbocycles. The molecule has 148 valence electrons. The van der Waals surface area contributed by atoms with Crippen LogP contribution in [0.15, 0.2) is 47.4 Å². The van der Waals surface area contributed by atoms with Crippen LogP contribution < -0.4 is 14.8 Å². The lowest BCUT2D eigenvalue weighted by molar-refractivity contribution is -0.127. The fourth-order valence-corrected chi connectivity index (χ4v) is 4.02. The summed E-state index contributed by atoms with van der Waals surface area (Å²) in [5.74, 6) is 1.36. The second-order valence-electron chi connectivity index (χ2n) is 6.39. The summed E-state index contributed by atoms with van der Waals surface area (Å²) in [6.45, 7) is 1.66. The number of amides is 2. The first kappa shape index (κ1) is 20.1. The summed E-state index contributed by atoms with van der Waals surface area (Å²) in [6, 6.07) is 12.5. The summed E-state index contributed by atoms with van der Waals surface area (Å²) in [5.41, 5.74) is 1.08. The quantitative estimate of drug-likeness (QED) is 0.719. The SMILES string of the molecule is COc1ccc(NC(=O)c2ccccc2SCC(=O)N2CCCC2)c(OC)c1. The van der Waals surface area contributed by atoms with Crippen molar-refractivity contribution in [2.24, 2.45) is 0 Å². The van der Waals surface area contributed by atoms with Gasteiger partial charge in [0.15, 0.2) is 0 Å². The molecule has 2 amide bonds. The van der Waals surface area contributed by atoms with Crippen LogP contribution in [0.1, 0.15) is 23.2 Å². The van der Waals surface area contributed by atoms with Crippen molar-refractivity contribution in [2.75, 3.05) is 38.4 Å². The third-order valence-electron chi connectivity index (χ3n) is 4.60. The molecular weight excluding hydrogens is 376 g/mol. The number of carbonyl (C=O) groups excluding carboxylic acids is 2. The number of ether oxygens (including phenoxy) is 2. The third-order valence-corrected chi connectivity index (χ3v) is 5.66. The van der Waals surface area contributed by atoms with E-state index < -0.39 is 0 Å². The van der Waals surface area contributed by atoms with Crippen LogP contribution in [0.2, 0.25) is 0 Å². The van der Waals surface area contributed by atoms with Gasteiger partial charge in [0.1, 0.15) is 11.5 Å². The molecule has 0 bridgehead atoms. The highest BCUT2D eigenvalue weighted by Crippen LogP contribution is 2.30. The first-order chi connectivity index (χ1) is 13.6. The average molecular weight is 401 g/mol. The van der Waals surface area contributed by atoms with Crippen LogP contribution in [-0.2, 0) is 4.79 Å². The first-order valence-corrected chi connectivity index (χ1v) is 10.1. The Morgan fingerprint density at radius 3 is 2.54 bits per heavy atom. The number of hydrogen-bond donors (Lipinski definition) is 1. The number of thioether (sulfide) groups is 1. The summed E-state index contributed by atoms with van der Waals surface area (Å²) in [4.78, 5) is 27.8. The fourth-order valence-electron chi connectivity index (χ4n) is 3.07. The zero-order valence-electron chi connectivity index (χ0n) is 16.1. The van der Waals surface area contributed by atoms with Crippen LogP contribution in [0.25, 0.3) is 0 Å². The Bertz CT molecular complexity index is 850. The average Bonchev–Trinajstić information content (AvgIpc) is 3.27. The number of carbonyl (C=O) groups is 2. The molecule has 1 N–H and O–H groups in total. The minimum Gasteiger partial charge on any atom is -0.497 e. The van der Waals surface area contributed by atoms with Crippen LogP contribution >= 0.6 is 11.8 Å². The monoisotopic (exact) mass is 400 g/mol. The first-order valence-electron chi connectivity index (χ1n) is 9.15. The molecule has 28 heavy (non-hydrogen) atoms. The molecule has 7 heteroatoms. The van der Waals surface area contributed by atoms with Crippen LogP contribution in [-0.4, -0.2) is 49.8 Å². The number of benzene rings is 2. The highest BCUT2D eigenvalue weighted by atomic mass is 32.2. The Morgan fingerprint density at radius 2 is 1.82 bits per heavy atom. The number of likely N-dealkylation sites (tertiary alicyclic amines) is 1. The summed E-state index contributed by atoms with van der Waals surface area (Å²) in [6.07, 6.45) is 2.14. The van der Waals surface area contributed by atoms with Crippen LogP contribution in [0, 0.1) is 0 Å². The summed E-state index contributed by atoms with van der Waals surface area (Å²) >= 11 is 1.39. The van der Waals surface area contributed by atoms with Gasteiger partial charge in [-0.1, -0.05) is 12.1 Å². The number of hydrogen-bond acceptors (Lipinski definition) is 5. The van der Waals surface area contributed by atoms with Crippen molar-refractivity contribution in [1.82, 2.24) is 4.90 Å². The molecule has 1 aliphatic heterocycles. The largest absolute Gasteiger partial charge is 0.497 e. The Kier molecular flexibility index (Phi) is 6.81. The lowest BCUT2D eigenvalue weighted by Gasteiger charge is -2.16. The van der Waals surface area contributed by atoms with E-state index in [4.69, 9.17) is 9.47 Å². The summed E-state index contributed by atoms with van der Waals surface area (Å²) in [7, 11) is 3.11. The Balaban J connectivity index is 1.71. The highest BCUT2D eigenvalue weighted by Gasteiger charge is 2.19. The van der Waals surface area contributed by atoms with Crippen molar-refractivity contribution in [3.05, 3.63) is 48.0 Å². The lowest BCUT2D eigenvalue weighted by atomic mass is 10.2. The van der Waals surface area contributed by atoms with E-state index in [1.54, 1.807) is 31.4 Å². The predicted molar refractivity (Wildman–Crippen MR) is 110 cm³/mol. The number of methoxy groups -OCH3 is 2. The van der Waals surface area contributed by atoms with E-state index in [0.29, 0.717) is 28.5 Å². The molecule has 1 heterocycles. The predicted octanol–water partition coefficient (Wildman–Crippen LogP) is 3.67. The Hall–Kier alpha value is -2.67. The number of rotatable bonds is 7. The van der Waals surface area contributed by atoms with Gasteiger partial charge in [-0.25, -0.2) is 0 Å². The molecule has 0 radical (unpaired) electrons. The van der Waals surface area contributed by atoms with Crippen molar-refractivity contribution in [3.63, 3.8) is 0 Å². The maximum absolute atomic E-state index is 12.9. The van der Waals surface area contributed by atoms with Gasteiger partial charge in [-0.05, 0) is 37.1 Å². The van der Waals surface area contributed by atoms with Crippen molar-refractivity contribution < 1.29 is 19.1 Å². The van der Waals surface area contributed by atoms with E-state index in [1.807, 2.05) is 23.1 Å². The second kappa shape index (κ2) is 9.50. The van der Waals surface area contributed by atoms with E-state index in [0.717, 1.165) is 30.8 Å². The van der Waals surface area contributed by atoms with Crippen LogP contribution in [0.3, 0.4) is 0 Å². The Morgan fingerprint density at radius 1 is 1.07 bits per heavy atom. The van der Waals surface area contributed by atoms with Gasteiger partial charge in [0, 0.05) is 24.1 Å². The minimum absolute atomic E-state index is 0.120. The molecule has 0 saturated carbocycles. The molecule has 0 aromatic heterocycles. The van der Waals surface area contributed by atoms with Gasteiger partial charge in [0.25, 0.3) is 5.91 Å². The van der Waals surface area contributed by atoms with E-state index in [-0.39, 0.29) is 11.8 Å². The zero-order chi connectivity index (χ0) is 19.9. The molecule has 1 saturated heterocycles. The fraction of sp³-hybridized carbons (Fsp3) is 0.333. The van der Waals surface area contributed by atoms with Crippen LogP contribution in [0.5, 0.6) is 11.5 Å². The molecule has 1 aliphatic rings. The van der Waals surface area contributed by atoms with Gasteiger partial charge in [-0.15, -0.1) is 11.8 Å². The van der Waals surface area contributed by atoms with Gasteiger partial charge >= 0.3 is 0 Å². The van der Waals surface area contributed by atoms with Gasteiger partial charge < -0.3 is 19.7 Å². The van der Waals surface area contributed by atoms with Crippen molar-refractivity contribution in [3.8, 4) is 11.5 Å². The molecule has 2 aromatic carbocycles. The molecule has 0 atom stereocenters. The topological polar surface area (TPSA) is 67.9 Å². The summed E-state index contributed by atoms with van der Waals surface area (Å²) < 4.78 is 10.5. The van der Waals surface area contributed by atoms with Gasteiger partial charge in [0.05, 0.1) is 31.2 Å². The molecule has 2 aromatic rings. The minimum atomic E-state index is -0.250. The molecular formula is C21H24N2O4S. The van der Waals surface area contributed by atoms with E-state index in [2.05, 4.69) is 5.32 Å². The maximum Gasteiger partial charge on any atom is 0.256 e. The van der Waals surface area contributed by atoms with E-state index in [1.165, 1.54) is 18.9 Å². The molecule has 6 nitrogen and oxygen atoms in total. The maximum atomic E-state index is 12.9. The number of nitrogens with zero attached hydrogens (tertiary/aromatic N) is 1. The van der Waals surface area contributed by atoms with Crippen LogP contribution in [0.4, 0.5) is 5.69 Å². The highest BCUT2D eigenvalue weighted by molar-refractivity contribution is 8.00. The van der Waals surface area contributed by atoms with Crippen molar-refractivity contribution >= 4 is 29.3 Å². The standard InChI is InChI=1S/C21H24N2O4S/c1-26-15-9-10-17(18(13-15)27-2)22-21(25)16-7-3-4-8-19(16)28-14-20(24)23-11-5-6-12-23/h3-4,7-10,13H,5-6,11-12,14H2,1-2H3,(H,22,25). The molecule has 0 unspecified atom stereocenters. The molecule has 0 spiro atoms.